The Morgan fingerprint density at radius 2 is 2.14 bits per heavy atom. The number of amides is 1. The molecule has 1 N–H and O–H groups in total. The Balaban J connectivity index is 1.78. The molecule has 1 heterocycles. The molecular weight excluding hydrogens is 276 g/mol. The molecule has 0 radical (unpaired) electrons. The Hall–Kier alpha value is -1.39. The van der Waals surface area contributed by atoms with Crippen LogP contribution in [-0.4, -0.2) is 43.2 Å². The van der Waals surface area contributed by atoms with E-state index in [0.29, 0.717) is 25.7 Å². The van der Waals surface area contributed by atoms with Crippen LogP contribution in [0.1, 0.15) is 38.2 Å². The van der Waals surface area contributed by atoms with Gasteiger partial charge in [0.2, 0.25) is 5.91 Å². The molecule has 0 aromatic heterocycles. The zero-order valence-corrected chi connectivity index (χ0v) is 13.6. The molecule has 1 fully saturated rings. The van der Waals surface area contributed by atoms with Gasteiger partial charge in [-0.25, -0.2) is 0 Å². The van der Waals surface area contributed by atoms with E-state index in [9.17, 15) is 4.79 Å². The maximum Gasteiger partial charge on any atom is 0.222 e. The van der Waals surface area contributed by atoms with Gasteiger partial charge in [0.15, 0.2) is 0 Å². The highest BCUT2D eigenvalue weighted by Gasteiger charge is 2.22. The van der Waals surface area contributed by atoms with E-state index in [2.05, 4.69) is 40.5 Å². The molecule has 0 saturated carbocycles. The molecule has 1 aliphatic rings. The van der Waals surface area contributed by atoms with Crippen LogP contribution in [0, 0.1) is 0 Å². The summed E-state index contributed by atoms with van der Waals surface area (Å²) < 4.78 is 5.22. The second-order valence-electron chi connectivity index (χ2n) is 5.86. The van der Waals surface area contributed by atoms with Crippen LogP contribution in [0.15, 0.2) is 30.3 Å². The molecule has 4 nitrogen and oxygen atoms in total. The van der Waals surface area contributed by atoms with Gasteiger partial charge in [-0.1, -0.05) is 36.8 Å². The molecule has 22 heavy (non-hydrogen) atoms. The van der Waals surface area contributed by atoms with Crippen molar-refractivity contribution in [3.05, 3.63) is 35.9 Å². The third-order valence-corrected chi connectivity index (χ3v) is 4.19. The zero-order chi connectivity index (χ0) is 15.6. The van der Waals surface area contributed by atoms with Gasteiger partial charge in [0.25, 0.3) is 0 Å². The monoisotopic (exact) mass is 304 g/mol. The Morgan fingerprint density at radius 3 is 2.91 bits per heavy atom. The predicted molar refractivity (Wildman–Crippen MR) is 88.6 cm³/mol. The van der Waals surface area contributed by atoms with Crippen molar-refractivity contribution in [3.8, 4) is 0 Å². The van der Waals surface area contributed by atoms with E-state index in [0.717, 1.165) is 19.6 Å². The van der Waals surface area contributed by atoms with E-state index in [1.165, 1.54) is 24.8 Å². The van der Waals surface area contributed by atoms with Crippen LogP contribution >= 0.6 is 0 Å². The predicted octanol–water partition coefficient (Wildman–Crippen LogP) is 2.58. The summed E-state index contributed by atoms with van der Waals surface area (Å²) in [4.78, 5) is 14.3. The van der Waals surface area contributed by atoms with E-state index in [4.69, 9.17) is 4.74 Å². The van der Waals surface area contributed by atoms with Crippen LogP contribution in [0.4, 0.5) is 0 Å². The first kappa shape index (κ1) is 17.0. The first-order valence-electron chi connectivity index (χ1n) is 8.42. The lowest BCUT2D eigenvalue weighted by Crippen LogP contribution is -2.46. The molecular formula is C18H28N2O2. The third-order valence-electron chi connectivity index (χ3n) is 4.19. The first-order valence-corrected chi connectivity index (χ1v) is 8.42. The zero-order valence-electron chi connectivity index (χ0n) is 13.6. The van der Waals surface area contributed by atoms with Crippen molar-refractivity contribution in [1.82, 2.24) is 10.2 Å². The van der Waals surface area contributed by atoms with Gasteiger partial charge in [-0.15, -0.1) is 0 Å². The Morgan fingerprint density at radius 1 is 1.32 bits per heavy atom. The highest BCUT2D eigenvalue weighted by molar-refractivity contribution is 5.75. The minimum Gasteiger partial charge on any atom is -0.381 e. The number of benzene rings is 1. The summed E-state index contributed by atoms with van der Waals surface area (Å²) in [6.45, 7) is 5.97. The average Bonchev–Trinajstić information content (AvgIpc) is 2.55. The number of nitrogens with zero attached hydrogens (tertiary/aromatic N) is 1. The number of carbonyl (C=O) groups is 1. The number of likely N-dealkylation sites (tertiary alicyclic amines) is 1. The third kappa shape index (κ3) is 5.78. The Labute approximate surface area is 133 Å². The second kappa shape index (κ2) is 9.59. The summed E-state index contributed by atoms with van der Waals surface area (Å²) >= 11 is 0. The van der Waals surface area contributed by atoms with Crippen molar-refractivity contribution in [2.24, 2.45) is 0 Å². The molecule has 1 saturated heterocycles. The fraction of sp³-hybridized carbons (Fsp3) is 0.611. The number of ether oxygens (including phenoxy) is 1. The molecule has 0 spiro atoms. The van der Waals surface area contributed by atoms with E-state index in [1.54, 1.807) is 0 Å². The van der Waals surface area contributed by atoms with Gasteiger partial charge in [-0.2, -0.15) is 0 Å². The quantitative estimate of drug-likeness (QED) is 0.751. The summed E-state index contributed by atoms with van der Waals surface area (Å²) in [6, 6.07) is 11.0. The Bertz CT molecular complexity index is 436. The van der Waals surface area contributed by atoms with Crippen LogP contribution in [0.3, 0.4) is 0 Å². The molecule has 1 unspecified atom stereocenters. The minimum atomic E-state index is 0.0960. The van der Waals surface area contributed by atoms with Crippen molar-refractivity contribution in [2.75, 3.05) is 26.3 Å². The molecule has 2 rings (SSSR count). The lowest BCUT2D eigenvalue weighted by Gasteiger charge is -2.35. The lowest BCUT2D eigenvalue weighted by molar-refractivity contribution is -0.122. The van der Waals surface area contributed by atoms with Crippen molar-refractivity contribution < 1.29 is 9.53 Å². The highest BCUT2D eigenvalue weighted by Crippen LogP contribution is 2.19. The normalized spacial score (nSPS) is 19.0. The molecule has 1 amide bonds. The van der Waals surface area contributed by atoms with Gasteiger partial charge in [-0.3, -0.25) is 9.69 Å². The molecule has 1 atom stereocenters. The molecule has 0 aliphatic carbocycles. The Kier molecular flexibility index (Phi) is 7.40. The van der Waals surface area contributed by atoms with Crippen molar-refractivity contribution in [3.63, 3.8) is 0 Å². The standard InChI is InChI=1S/C18H28N2O2/c1-2-22-13-11-18(21)19-14-17-10-6-7-12-20(17)15-16-8-4-3-5-9-16/h3-5,8-9,17H,2,6-7,10-15H2,1H3,(H,19,21). The minimum absolute atomic E-state index is 0.0960. The van der Waals surface area contributed by atoms with Gasteiger partial charge in [0.1, 0.15) is 0 Å². The van der Waals surface area contributed by atoms with Crippen molar-refractivity contribution in [2.45, 2.75) is 45.2 Å². The highest BCUT2D eigenvalue weighted by atomic mass is 16.5. The van der Waals surface area contributed by atoms with Gasteiger partial charge in [-0.05, 0) is 31.9 Å². The molecule has 122 valence electrons. The largest absolute Gasteiger partial charge is 0.381 e. The molecule has 0 bridgehead atoms. The topological polar surface area (TPSA) is 41.6 Å². The number of hydrogen-bond acceptors (Lipinski definition) is 3. The second-order valence-corrected chi connectivity index (χ2v) is 5.86. The smallest absolute Gasteiger partial charge is 0.222 e. The number of nitrogens with one attached hydrogen (secondary N) is 1. The van der Waals surface area contributed by atoms with Crippen LogP contribution < -0.4 is 5.32 Å². The SMILES string of the molecule is CCOCCC(=O)NCC1CCCCN1Cc1ccccc1. The molecule has 4 heteroatoms. The summed E-state index contributed by atoms with van der Waals surface area (Å²) in [6.07, 6.45) is 4.13. The van der Waals surface area contributed by atoms with Crippen LogP contribution in [0.2, 0.25) is 0 Å². The van der Waals surface area contributed by atoms with Crippen LogP contribution in [0.25, 0.3) is 0 Å². The number of carbonyl (C=O) groups excluding carboxylic acids is 1. The number of hydrogen-bond donors (Lipinski definition) is 1. The molecule has 1 aromatic carbocycles. The van der Waals surface area contributed by atoms with E-state index >= 15 is 0 Å². The maximum absolute atomic E-state index is 11.8. The first-order chi connectivity index (χ1) is 10.8. The number of piperidine rings is 1. The van der Waals surface area contributed by atoms with Crippen LogP contribution in [-0.2, 0) is 16.1 Å². The van der Waals surface area contributed by atoms with Gasteiger partial charge in [0, 0.05) is 32.2 Å². The molecule has 1 aromatic rings. The number of rotatable bonds is 8. The van der Waals surface area contributed by atoms with E-state index in [1.807, 2.05) is 6.92 Å². The van der Waals surface area contributed by atoms with Gasteiger partial charge >= 0.3 is 0 Å². The van der Waals surface area contributed by atoms with E-state index in [-0.39, 0.29) is 5.91 Å². The van der Waals surface area contributed by atoms with Crippen molar-refractivity contribution >= 4 is 5.91 Å². The fourth-order valence-corrected chi connectivity index (χ4v) is 2.95. The summed E-state index contributed by atoms with van der Waals surface area (Å²) in [5.41, 5.74) is 1.34. The van der Waals surface area contributed by atoms with Gasteiger partial charge in [0.05, 0.1) is 6.61 Å². The van der Waals surface area contributed by atoms with E-state index < -0.39 is 0 Å². The van der Waals surface area contributed by atoms with Gasteiger partial charge < -0.3 is 10.1 Å². The van der Waals surface area contributed by atoms with Crippen LogP contribution in [0.5, 0.6) is 0 Å². The summed E-state index contributed by atoms with van der Waals surface area (Å²) in [5.74, 6) is 0.0960. The lowest BCUT2D eigenvalue weighted by atomic mass is 10.0. The average molecular weight is 304 g/mol. The maximum atomic E-state index is 11.8. The van der Waals surface area contributed by atoms with Crippen molar-refractivity contribution in [1.29, 1.82) is 0 Å². The fourth-order valence-electron chi connectivity index (χ4n) is 2.95. The summed E-state index contributed by atoms with van der Waals surface area (Å²) in [7, 11) is 0. The summed E-state index contributed by atoms with van der Waals surface area (Å²) in [5, 5.41) is 3.07. The molecule has 1 aliphatic heterocycles.